The number of nitrogens with zero attached hydrogens (tertiary/aromatic N) is 2. The summed E-state index contributed by atoms with van der Waals surface area (Å²) in [4.78, 5) is 7.83. The van der Waals surface area contributed by atoms with Crippen molar-refractivity contribution in [2.75, 3.05) is 24.3 Å². The first-order valence-corrected chi connectivity index (χ1v) is 4.73. The molecule has 0 amide bonds. The number of halogens is 1. The fourth-order valence-electron chi connectivity index (χ4n) is 0.831. The molecular weight excluding hydrogens is 252 g/mol. The van der Waals surface area contributed by atoms with Crippen molar-refractivity contribution >= 4 is 27.7 Å². The fourth-order valence-corrected chi connectivity index (χ4v) is 1.23. The van der Waals surface area contributed by atoms with E-state index >= 15 is 0 Å². The molecule has 7 heteroatoms. The Balaban J connectivity index is 2.75. The Labute approximate surface area is 89.3 Å². The summed E-state index contributed by atoms with van der Waals surface area (Å²) in [5.41, 5.74) is 5.47. The lowest BCUT2D eigenvalue weighted by molar-refractivity contribution is 0.203. The number of hydrogen-bond acceptors (Lipinski definition) is 6. The Hall–Kier alpha value is -0.920. The number of nitrogen functional groups attached to an aromatic ring is 1. The monoisotopic (exact) mass is 262 g/mol. The molecule has 1 aromatic heterocycles. The summed E-state index contributed by atoms with van der Waals surface area (Å²) in [5.74, 6) is 0.578. The number of anilines is 2. The third kappa shape index (κ3) is 3.09. The summed E-state index contributed by atoms with van der Waals surface area (Å²) < 4.78 is 0.544. The van der Waals surface area contributed by atoms with Gasteiger partial charge < -0.3 is 21.3 Å². The molecule has 0 radical (unpaired) electrons. The molecule has 0 aliphatic heterocycles. The highest BCUT2D eigenvalue weighted by Crippen LogP contribution is 2.12. The van der Waals surface area contributed by atoms with E-state index in [1.807, 2.05) is 0 Å². The van der Waals surface area contributed by atoms with Crippen LogP contribution in [0.25, 0.3) is 0 Å². The molecule has 0 spiro atoms. The van der Waals surface area contributed by atoms with Crippen molar-refractivity contribution in [1.29, 1.82) is 0 Å². The highest BCUT2D eigenvalue weighted by Gasteiger charge is 2.08. The summed E-state index contributed by atoms with van der Waals surface area (Å²) in [6, 6.07) is 1.07. The second-order valence-corrected chi connectivity index (χ2v) is 3.46. The molecule has 0 aliphatic rings. The van der Waals surface area contributed by atoms with Gasteiger partial charge in [-0.3, -0.25) is 0 Å². The van der Waals surface area contributed by atoms with Gasteiger partial charge in [-0.15, -0.1) is 0 Å². The molecule has 1 rings (SSSR count). The second-order valence-electron chi connectivity index (χ2n) is 2.65. The average molecular weight is 263 g/mol. The minimum absolute atomic E-state index is 0.202. The van der Waals surface area contributed by atoms with Crippen LogP contribution in [-0.4, -0.2) is 39.4 Å². The first-order valence-electron chi connectivity index (χ1n) is 3.94. The standard InChI is InChI=1S/C7H11BrN4O2/c8-5-1-6(9)12-7(11-5)10-4(2-13)3-14/h1,4,13-14H,2-3H2,(H3,9,10,11,12). The summed E-state index contributed by atoms with van der Waals surface area (Å²) >= 11 is 3.15. The second kappa shape index (κ2) is 5.08. The van der Waals surface area contributed by atoms with Crippen LogP contribution in [0.4, 0.5) is 11.8 Å². The van der Waals surface area contributed by atoms with E-state index in [9.17, 15) is 0 Å². The Morgan fingerprint density at radius 2 is 2.07 bits per heavy atom. The summed E-state index contributed by atoms with van der Waals surface area (Å²) in [6.07, 6.45) is 0. The molecule has 0 unspecified atom stereocenters. The highest BCUT2D eigenvalue weighted by molar-refractivity contribution is 9.10. The molecule has 1 heterocycles. The predicted octanol–water partition coefficient (Wildman–Crippen LogP) is -0.414. The lowest BCUT2D eigenvalue weighted by Gasteiger charge is -2.13. The van der Waals surface area contributed by atoms with E-state index in [1.54, 1.807) is 6.07 Å². The lowest BCUT2D eigenvalue weighted by Crippen LogP contribution is -2.28. The molecule has 0 aliphatic carbocycles. The van der Waals surface area contributed by atoms with E-state index < -0.39 is 6.04 Å². The molecule has 78 valence electrons. The molecular formula is C7H11BrN4O2. The van der Waals surface area contributed by atoms with Crippen LogP contribution < -0.4 is 11.1 Å². The zero-order chi connectivity index (χ0) is 10.6. The molecule has 0 atom stereocenters. The maximum atomic E-state index is 8.80. The number of hydrogen-bond donors (Lipinski definition) is 4. The van der Waals surface area contributed by atoms with Gasteiger partial charge in [0, 0.05) is 6.07 Å². The van der Waals surface area contributed by atoms with Crippen molar-refractivity contribution < 1.29 is 10.2 Å². The van der Waals surface area contributed by atoms with E-state index in [4.69, 9.17) is 15.9 Å². The van der Waals surface area contributed by atoms with Gasteiger partial charge in [-0.1, -0.05) is 0 Å². The van der Waals surface area contributed by atoms with Gasteiger partial charge in [0.1, 0.15) is 10.4 Å². The summed E-state index contributed by atoms with van der Waals surface area (Å²) in [5, 5.41) is 20.3. The molecule has 14 heavy (non-hydrogen) atoms. The minimum atomic E-state index is -0.483. The zero-order valence-electron chi connectivity index (χ0n) is 7.31. The molecule has 0 bridgehead atoms. The lowest BCUT2D eigenvalue weighted by atomic mass is 10.3. The SMILES string of the molecule is Nc1cc(Br)nc(NC(CO)CO)n1. The quantitative estimate of drug-likeness (QED) is 0.550. The third-order valence-electron chi connectivity index (χ3n) is 1.49. The van der Waals surface area contributed by atoms with Gasteiger partial charge in [0.2, 0.25) is 5.95 Å². The van der Waals surface area contributed by atoms with Gasteiger partial charge >= 0.3 is 0 Å². The zero-order valence-corrected chi connectivity index (χ0v) is 8.90. The minimum Gasteiger partial charge on any atom is -0.394 e. The van der Waals surface area contributed by atoms with E-state index in [2.05, 4.69) is 31.2 Å². The van der Waals surface area contributed by atoms with Crippen LogP contribution >= 0.6 is 15.9 Å². The normalized spacial score (nSPS) is 10.6. The van der Waals surface area contributed by atoms with E-state index in [0.29, 0.717) is 10.4 Å². The van der Waals surface area contributed by atoms with Crippen LogP contribution in [0.1, 0.15) is 0 Å². The maximum absolute atomic E-state index is 8.80. The van der Waals surface area contributed by atoms with Crippen LogP contribution in [-0.2, 0) is 0 Å². The number of rotatable bonds is 4. The third-order valence-corrected chi connectivity index (χ3v) is 1.89. The number of aliphatic hydroxyl groups is 2. The van der Waals surface area contributed by atoms with E-state index in [-0.39, 0.29) is 19.2 Å². The maximum Gasteiger partial charge on any atom is 0.226 e. The Morgan fingerprint density at radius 3 is 2.57 bits per heavy atom. The van der Waals surface area contributed by atoms with Gasteiger partial charge in [0.05, 0.1) is 19.3 Å². The first-order chi connectivity index (χ1) is 6.65. The number of nitrogens with two attached hydrogens (primary N) is 1. The van der Waals surface area contributed by atoms with Crippen molar-refractivity contribution in [2.24, 2.45) is 0 Å². The first kappa shape index (κ1) is 11.2. The highest BCUT2D eigenvalue weighted by atomic mass is 79.9. The summed E-state index contributed by atoms with van der Waals surface area (Å²) in [7, 11) is 0. The van der Waals surface area contributed by atoms with Crippen LogP contribution in [0.3, 0.4) is 0 Å². The average Bonchev–Trinajstić information content (AvgIpc) is 2.12. The Bertz CT molecular complexity index is 285. The van der Waals surface area contributed by atoms with Crippen LogP contribution in [0.15, 0.2) is 10.7 Å². The molecule has 6 nitrogen and oxygen atoms in total. The predicted molar refractivity (Wildman–Crippen MR) is 55.7 cm³/mol. The molecule has 0 saturated carbocycles. The van der Waals surface area contributed by atoms with Crippen LogP contribution in [0.2, 0.25) is 0 Å². The molecule has 0 aromatic carbocycles. The summed E-state index contributed by atoms with van der Waals surface area (Å²) in [6.45, 7) is -0.404. The molecule has 0 fully saturated rings. The van der Waals surface area contributed by atoms with E-state index in [1.165, 1.54) is 0 Å². The van der Waals surface area contributed by atoms with Crippen molar-refractivity contribution in [3.63, 3.8) is 0 Å². The molecule has 5 N–H and O–H groups in total. The number of nitrogens with one attached hydrogen (secondary N) is 1. The number of aromatic nitrogens is 2. The van der Waals surface area contributed by atoms with E-state index in [0.717, 1.165) is 0 Å². The van der Waals surface area contributed by atoms with Crippen LogP contribution in [0.5, 0.6) is 0 Å². The largest absolute Gasteiger partial charge is 0.394 e. The van der Waals surface area contributed by atoms with Gasteiger partial charge in [-0.05, 0) is 15.9 Å². The van der Waals surface area contributed by atoms with Crippen molar-refractivity contribution in [3.05, 3.63) is 10.7 Å². The van der Waals surface area contributed by atoms with Crippen molar-refractivity contribution in [1.82, 2.24) is 9.97 Å². The molecule has 1 aromatic rings. The van der Waals surface area contributed by atoms with Gasteiger partial charge in [0.15, 0.2) is 0 Å². The van der Waals surface area contributed by atoms with Crippen LogP contribution in [0, 0.1) is 0 Å². The fraction of sp³-hybridized carbons (Fsp3) is 0.429. The van der Waals surface area contributed by atoms with Crippen molar-refractivity contribution in [2.45, 2.75) is 6.04 Å². The van der Waals surface area contributed by atoms with Gasteiger partial charge in [0.25, 0.3) is 0 Å². The van der Waals surface area contributed by atoms with Crippen molar-refractivity contribution in [3.8, 4) is 0 Å². The van der Waals surface area contributed by atoms with Gasteiger partial charge in [-0.2, -0.15) is 4.98 Å². The topological polar surface area (TPSA) is 104 Å². The number of aliphatic hydroxyl groups excluding tert-OH is 2. The Morgan fingerprint density at radius 1 is 1.43 bits per heavy atom. The molecule has 0 saturated heterocycles. The Kier molecular flexibility index (Phi) is 4.05. The smallest absolute Gasteiger partial charge is 0.226 e. The van der Waals surface area contributed by atoms with Gasteiger partial charge in [-0.25, -0.2) is 4.98 Å².